The molecule has 9 aliphatic rings. The van der Waals surface area contributed by atoms with Crippen LogP contribution in [0.4, 0.5) is 0 Å². The molecule has 12 N–H and O–H groups in total. The summed E-state index contributed by atoms with van der Waals surface area (Å²) in [6.07, 6.45) is -18.6. The highest BCUT2D eigenvalue weighted by atomic mass is 16.7. The average Bonchev–Trinajstić information content (AvgIpc) is 3.34. The summed E-state index contributed by atoms with van der Waals surface area (Å²) in [5, 5.41) is 127. The smallest absolute Gasteiger partial charge is 0.315 e. The minimum absolute atomic E-state index is 0.137. The van der Waals surface area contributed by atoms with E-state index in [1.807, 2.05) is 0 Å². The lowest BCUT2D eigenvalue weighted by atomic mass is 9.34. The zero-order valence-electron chi connectivity index (χ0n) is 41.9. The molecule has 21 nitrogen and oxygen atoms in total. The lowest BCUT2D eigenvalue weighted by molar-refractivity contribution is -0.346. The maximum atomic E-state index is 14.9. The zero-order valence-corrected chi connectivity index (χ0v) is 41.9. The third kappa shape index (κ3) is 8.88. The van der Waals surface area contributed by atoms with E-state index in [2.05, 4.69) is 47.3 Å². The van der Waals surface area contributed by atoms with Gasteiger partial charge in [-0.3, -0.25) is 4.79 Å². The van der Waals surface area contributed by atoms with Crippen molar-refractivity contribution in [1.29, 1.82) is 0 Å². The molecule has 4 saturated carbocycles. The van der Waals surface area contributed by atoms with Crippen molar-refractivity contribution in [3.63, 3.8) is 0 Å². The average molecular weight is 1030 g/mol. The molecule has 4 heterocycles. The van der Waals surface area contributed by atoms with Gasteiger partial charge in [-0.15, -0.1) is 0 Å². The Bertz CT molecular complexity index is 2000. The Labute approximate surface area is 419 Å². The van der Waals surface area contributed by atoms with E-state index < -0.39 is 141 Å². The van der Waals surface area contributed by atoms with Crippen LogP contribution < -0.4 is 0 Å². The van der Waals surface area contributed by atoms with Crippen LogP contribution >= 0.6 is 0 Å². The Hall–Kier alpha value is -1.81. The van der Waals surface area contributed by atoms with Crippen molar-refractivity contribution in [3.05, 3.63) is 23.8 Å². The predicted octanol–water partition coefficient (Wildman–Crippen LogP) is -1.23. The predicted molar refractivity (Wildman–Crippen MR) is 246 cm³/mol. The second-order valence-electron chi connectivity index (χ2n) is 24.0. The number of hydrogen-bond donors (Lipinski definition) is 12. The van der Waals surface area contributed by atoms with Gasteiger partial charge in [0.05, 0.1) is 37.9 Å². The highest BCUT2D eigenvalue weighted by Gasteiger charge is 2.70. The summed E-state index contributed by atoms with van der Waals surface area (Å²) < 4.78 is 46.8. The van der Waals surface area contributed by atoms with E-state index in [1.165, 1.54) is 5.57 Å². The summed E-state index contributed by atoms with van der Waals surface area (Å²) in [5.41, 5.74) is 0.172. The van der Waals surface area contributed by atoms with Crippen LogP contribution in [0.2, 0.25) is 0 Å². The van der Waals surface area contributed by atoms with E-state index in [1.54, 1.807) is 0 Å². The molecule has 0 bridgehead atoms. The minimum Gasteiger partial charge on any atom is -0.432 e. The molecule has 4 saturated heterocycles. The molecule has 0 aromatic heterocycles. The molecule has 0 spiro atoms. The van der Waals surface area contributed by atoms with Crippen LogP contribution in [0.15, 0.2) is 23.8 Å². The van der Waals surface area contributed by atoms with E-state index >= 15 is 0 Å². The van der Waals surface area contributed by atoms with Crippen molar-refractivity contribution in [2.24, 2.45) is 44.8 Å². The fourth-order valence-corrected chi connectivity index (χ4v) is 15.4. The van der Waals surface area contributed by atoms with Crippen molar-refractivity contribution in [2.75, 3.05) is 26.4 Å². The number of allylic oxidation sites excluding steroid dienone is 3. The number of rotatable bonds is 10. The SMILES string of the molecule is C=C1CC[C@]2(C(=O)O[C@H]3O[C@@H](CO[C@H]4O[C@@H](CO)[C@H](O)[C@@H](O)[C@@H]4O)[C@H](O)[C@@H](O)[C@@H]3O)CC[C@@]3(C)C(=CC[C@@H]4[C@@]5(C)CC[C@@H](O[C@H]6OC[C@H](O)[C@@H](O[C@H]7OC[C@H](O)[C@@H](O)[C@@H]7O)[C@@H]6O)C(C)(C)[C@H]5CC[C@@]43C)[C@@H]2C1. The van der Waals surface area contributed by atoms with E-state index in [0.29, 0.717) is 38.5 Å². The first-order valence-electron chi connectivity index (χ1n) is 26.0. The number of aliphatic hydroxyl groups is 12. The molecule has 72 heavy (non-hydrogen) atoms. The largest absolute Gasteiger partial charge is 0.432 e. The quantitative estimate of drug-likeness (QED) is 0.0693. The molecule has 410 valence electrons. The van der Waals surface area contributed by atoms with Gasteiger partial charge in [-0.2, -0.15) is 0 Å². The maximum Gasteiger partial charge on any atom is 0.315 e. The topological polar surface area (TPSA) is 334 Å². The Morgan fingerprint density at radius 2 is 1.29 bits per heavy atom. The van der Waals surface area contributed by atoms with Gasteiger partial charge in [0.25, 0.3) is 0 Å². The van der Waals surface area contributed by atoms with E-state index in [9.17, 15) is 66.1 Å². The normalized spacial score (nSPS) is 53.5. The van der Waals surface area contributed by atoms with Gasteiger partial charge in [-0.25, -0.2) is 0 Å². The van der Waals surface area contributed by atoms with E-state index in [-0.39, 0.29) is 53.3 Å². The van der Waals surface area contributed by atoms with Gasteiger partial charge in [-0.1, -0.05) is 58.4 Å². The third-order valence-corrected chi connectivity index (χ3v) is 20.0. The summed E-state index contributed by atoms with van der Waals surface area (Å²) in [6.45, 7) is 14.2. The van der Waals surface area contributed by atoms with Gasteiger partial charge in [0.2, 0.25) is 6.29 Å². The molecular formula is C51H80O21. The molecule has 9 rings (SSSR count). The molecule has 4 aliphatic heterocycles. The van der Waals surface area contributed by atoms with Crippen molar-refractivity contribution >= 4 is 5.97 Å². The van der Waals surface area contributed by atoms with Gasteiger partial charge in [-0.05, 0) is 97.7 Å². The van der Waals surface area contributed by atoms with Gasteiger partial charge in [0, 0.05) is 5.92 Å². The third-order valence-electron chi connectivity index (χ3n) is 20.0. The van der Waals surface area contributed by atoms with Crippen LogP contribution in [0.5, 0.6) is 0 Å². The number of carbonyl (C=O) groups is 1. The Morgan fingerprint density at radius 1 is 0.667 bits per heavy atom. The van der Waals surface area contributed by atoms with Crippen molar-refractivity contribution in [3.8, 4) is 0 Å². The number of esters is 1. The van der Waals surface area contributed by atoms with Gasteiger partial charge in [0.1, 0.15) is 85.5 Å². The van der Waals surface area contributed by atoms with Gasteiger partial charge in [0.15, 0.2) is 18.9 Å². The van der Waals surface area contributed by atoms with Crippen LogP contribution in [-0.4, -0.2) is 210 Å². The highest BCUT2D eigenvalue weighted by molar-refractivity contribution is 5.79. The van der Waals surface area contributed by atoms with Crippen LogP contribution in [-0.2, 0) is 42.7 Å². The molecule has 0 aromatic carbocycles. The van der Waals surface area contributed by atoms with Crippen LogP contribution in [0.1, 0.15) is 98.8 Å². The van der Waals surface area contributed by atoms with Crippen LogP contribution in [0, 0.1) is 44.8 Å². The lowest BCUT2D eigenvalue weighted by Crippen LogP contribution is -2.66. The number of aliphatic hydroxyl groups excluding tert-OH is 12. The van der Waals surface area contributed by atoms with Gasteiger partial charge >= 0.3 is 5.97 Å². The first kappa shape index (κ1) is 55.0. The molecular weight excluding hydrogens is 949 g/mol. The molecule has 26 atom stereocenters. The number of fused-ring (bicyclic) bond motifs is 7. The molecule has 21 heteroatoms. The standard InChI is InChI=1S/C51H80O21/c1-22-9-14-51(46(64)72-45-39(62)36(59)34(57)28(69-45)21-67-42-38(61)35(58)33(56)27(18-52)68-42)16-15-49(5)23(24(51)17-22)7-8-30-48(4)12-11-31(47(2,3)29(48)10-13-50(30,49)6)70-44-40(63)41(26(54)20-66-44)71-43-37(60)32(55)25(53)19-65-43/h7,24-45,52-63H,1,8-21H2,2-6H3/t24-,25-,26-,27-,28-,29+,30+,31+,32+,33-,34-,35+,36+,37-,38-,39-,40-,41+,42-,43+,44+,45+,48-,49-,50-,51-/m0/s1. The molecule has 0 amide bonds. The van der Waals surface area contributed by atoms with Gasteiger partial charge < -0.3 is 99.2 Å². The Morgan fingerprint density at radius 3 is 1.99 bits per heavy atom. The molecule has 0 aromatic rings. The zero-order chi connectivity index (χ0) is 52.2. The Kier molecular flexibility index (Phi) is 15.4. The highest BCUT2D eigenvalue weighted by Crippen LogP contribution is 2.75. The molecule has 0 radical (unpaired) electrons. The lowest BCUT2D eigenvalue weighted by Gasteiger charge is -2.71. The summed E-state index contributed by atoms with van der Waals surface area (Å²) in [4.78, 5) is 14.9. The molecule has 8 fully saturated rings. The first-order chi connectivity index (χ1) is 33.8. The number of ether oxygens (including phenoxy) is 8. The van der Waals surface area contributed by atoms with Crippen molar-refractivity contribution in [2.45, 2.75) is 216 Å². The fourth-order valence-electron chi connectivity index (χ4n) is 15.4. The summed E-state index contributed by atoms with van der Waals surface area (Å²) in [7, 11) is 0. The first-order valence-corrected chi connectivity index (χ1v) is 26.0. The maximum absolute atomic E-state index is 14.9. The second kappa shape index (κ2) is 20.2. The minimum atomic E-state index is -1.83. The summed E-state index contributed by atoms with van der Waals surface area (Å²) in [5.74, 6) is -0.407. The monoisotopic (exact) mass is 1030 g/mol. The van der Waals surface area contributed by atoms with Crippen molar-refractivity contribution < 1.29 is 104 Å². The second-order valence-corrected chi connectivity index (χ2v) is 24.0. The van der Waals surface area contributed by atoms with Crippen molar-refractivity contribution in [1.82, 2.24) is 0 Å². The number of hydrogen-bond acceptors (Lipinski definition) is 21. The van der Waals surface area contributed by atoms with E-state index in [0.717, 1.165) is 31.3 Å². The summed E-state index contributed by atoms with van der Waals surface area (Å²) >= 11 is 0. The van der Waals surface area contributed by atoms with Crippen LogP contribution in [0.3, 0.4) is 0 Å². The Balaban J connectivity index is 0.895. The van der Waals surface area contributed by atoms with E-state index in [4.69, 9.17) is 37.9 Å². The molecule has 5 aliphatic carbocycles. The van der Waals surface area contributed by atoms with Crippen LogP contribution in [0.25, 0.3) is 0 Å². The molecule has 0 unspecified atom stereocenters. The summed E-state index contributed by atoms with van der Waals surface area (Å²) in [6, 6.07) is 0. The fraction of sp³-hybridized carbons (Fsp3) is 0.902. The number of carbonyl (C=O) groups excluding carboxylic acids is 1.